The number of aliphatic carboxylic acids is 1. The molecule has 1 atom stereocenters. The van der Waals surface area contributed by atoms with Gasteiger partial charge in [0.05, 0.1) is 0 Å². The zero-order chi connectivity index (χ0) is 12.2. The lowest BCUT2D eigenvalue weighted by molar-refractivity contribution is -0.140. The molecule has 4 heteroatoms. The zero-order valence-corrected chi connectivity index (χ0v) is 10.2. The summed E-state index contributed by atoms with van der Waals surface area (Å²) in [6.07, 6.45) is 3.75. The first kappa shape index (κ1) is 13.5. The highest BCUT2D eigenvalue weighted by Crippen LogP contribution is 2.33. The van der Waals surface area contributed by atoms with Gasteiger partial charge in [0.25, 0.3) is 0 Å². The van der Waals surface area contributed by atoms with E-state index in [4.69, 9.17) is 5.11 Å². The Balaban J connectivity index is 2.49. The number of aliphatic hydroxyl groups excluding tert-OH is 1. The van der Waals surface area contributed by atoms with E-state index in [1.807, 2.05) is 13.8 Å². The van der Waals surface area contributed by atoms with Gasteiger partial charge in [0.2, 0.25) is 0 Å². The monoisotopic (exact) mass is 229 g/mol. The van der Waals surface area contributed by atoms with Gasteiger partial charge < -0.3 is 15.5 Å². The maximum absolute atomic E-state index is 11.0. The fraction of sp³-hybridized carbons (Fsp3) is 0.917. The summed E-state index contributed by atoms with van der Waals surface area (Å²) in [5.74, 6) is -0.468. The van der Waals surface area contributed by atoms with E-state index in [9.17, 15) is 9.90 Å². The van der Waals surface area contributed by atoms with Crippen LogP contribution in [0.15, 0.2) is 0 Å². The van der Waals surface area contributed by atoms with E-state index in [1.165, 1.54) is 0 Å². The van der Waals surface area contributed by atoms with E-state index in [1.54, 1.807) is 0 Å². The number of hydrogen-bond acceptors (Lipinski definition) is 3. The van der Waals surface area contributed by atoms with E-state index >= 15 is 0 Å². The standard InChI is InChI=1S/C12H23NO3/c1-3-12(4-2,8-14)7-13-10(11(15)16)9-5-6-9/h9-10,13-14H,3-8H2,1-2H3,(H,15,16). The lowest BCUT2D eigenvalue weighted by Crippen LogP contribution is -2.45. The largest absolute Gasteiger partial charge is 0.480 e. The molecule has 1 rings (SSSR count). The van der Waals surface area contributed by atoms with Crippen molar-refractivity contribution in [3.8, 4) is 0 Å². The van der Waals surface area contributed by atoms with Crippen molar-refractivity contribution in [3.63, 3.8) is 0 Å². The molecular formula is C12H23NO3. The van der Waals surface area contributed by atoms with Gasteiger partial charge in [0.1, 0.15) is 6.04 Å². The van der Waals surface area contributed by atoms with Crippen LogP contribution in [-0.2, 0) is 4.79 Å². The number of rotatable bonds is 8. The first-order valence-electron chi connectivity index (χ1n) is 6.15. The van der Waals surface area contributed by atoms with Crippen LogP contribution in [0.25, 0.3) is 0 Å². The van der Waals surface area contributed by atoms with Gasteiger partial charge in [-0.1, -0.05) is 13.8 Å². The molecule has 0 aliphatic heterocycles. The van der Waals surface area contributed by atoms with Crippen molar-refractivity contribution >= 4 is 5.97 Å². The summed E-state index contributed by atoms with van der Waals surface area (Å²) in [4.78, 5) is 11.0. The first-order chi connectivity index (χ1) is 7.58. The van der Waals surface area contributed by atoms with Crippen molar-refractivity contribution in [2.75, 3.05) is 13.2 Å². The summed E-state index contributed by atoms with van der Waals surface area (Å²) in [7, 11) is 0. The smallest absolute Gasteiger partial charge is 0.320 e. The van der Waals surface area contributed by atoms with Crippen molar-refractivity contribution in [2.24, 2.45) is 11.3 Å². The van der Waals surface area contributed by atoms with E-state index in [0.29, 0.717) is 12.5 Å². The molecule has 0 amide bonds. The summed E-state index contributed by atoms with van der Waals surface area (Å²) in [5.41, 5.74) is -0.164. The van der Waals surface area contributed by atoms with Crippen molar-refractivity contribution in [2.45, 2.75) is 45.6 Å². The van der Waals surface area contributed by atoms with Gasteiger partial charge in [-0.25, -0.2) is 0 Å². The van der Waals surface area contributed by atoms with Gasteiger partial charge in [0.15, 0.2) is 0 Å². The minimum Gasteiger partial charge on any atom is -0.480 e. The van der Waals surface area contributed by atoms with E-state index in [2.05, 4.69) is 5.32 Å². The number of nitrogens with one attached hydrogen (secondary N) is 1. The second kappa shape index (κ2) is 5.64. The fourth-order valence-electron chi connectivity index (χ4n) is 1.99. The third-order valence-electron chi connectivity index (χ3n) is 3.89. The number of aliphatic hydroxyl groups is 1. The van der Waals surface area contributed by atoms with E-state index < -0.39 is 12.0 Å². The Hall–Kier alpha value is -0.610. The molecule has 3 N–H and O–H groups in total. The summed E-state index contributed by atoms with van der Waals surface area (Å²) >= 11 is 0. The molecule has 0 radical (unpaired) electrons. The van der Waals surface area contributed by atoms with Crippen LogP contribution in [0.2, 0.25) is 0 Å². The number of hydrogen-bond donors (Lipinski definition) is 3. The van der Waals surface area contributed by atoms with Crippen molar-refractivity contribution < 1.29 is 15.0 Å². The molecule has 0 aromatic heterocycles. The topological polar surface area (TPSA) is 69.6 Å². The number of carboxylic acids is 1. The molecule has 1 aliphatic rings. The molecule has 0 aromatic rings. The van der Waals surface area contributed by atoms with E-state index in [0.717, 1.165) is 25.7 Å². The normalized spacial score (nSPS) is 18.4. The maximum Gasteiger partial charge on any atom is 0.320 e. The number of carboxylic acid groups (broad SMARTS) is 1. The molecule has 16 heavy (non-hydrogen) atoms. The summed E-state index contributed by atoms with van der Waals surface area (Å²) in [6, 6.07) is -0.427. The predicted molar refractivity (Wildman–Crippen MR) is 62.3 cm³/mol. The molecule has 94 valence electrons. The molecule has 1 unspecified atom stereocenters. The molecule has 0 aromatic carbocycles. The fourth-order valence-corrected chi connectivity index (χ4v) is 1.99. The molecule has 0 heterocycles. The minimum absolute atomic E-state index is 0.115. The average Bonchev–Trinajstić information content (AvgIpc) is 3.09. The Morgan fingerprint density at radius 2 is 2.00 bits per heavy atom. The Morgan fingerprint density at radius 1 is 1.44 bits per heavy atom. The molecule has 0 saturated heterocycles. The molecule has 4 nitrogen and oxygen atoms in total. The Morgan fingerprint density at radius 3 is 2.31 bits per heavy atom. The predicted octanol–water partition coefficient (Wildman–Crippen LogP) is 1.24. The van der Waals surface area contributed by atoms with Crippen LogP contribution in [0.4, 0.5) is 0 Å². The third-order valence-corrected chi connectivity index (χ3v) is 3.89. The lowest BCUT2D eigenvalue weighted by Gasteiger charge is -2.31. The second-order valence-corrected chi connectivity index (χ2v) is 4.90. The Bertz CT molecular complexity index is 226. The highest BCUT2D eigenvalue weighted by molar-refractivity contribution is 5.74. The van der Waals surface area contributed by atoms with Gasteiger partial charge in [-0.05, 0) is 31.6 Å². The SMILES string of the molecule is CCC(CC)(CO)CNC(C(=O)O)C1CC1. The van der Waals surface area contributed by atoms with Gasteiger partial charge in [0, 0.05) is 18.6 Å². The summed E-state index contributed by atoms with van der Waals surface area (Å²) in [6.45, 7) is 4.77. The molecule has 0 spiro atoms. The molecular weight excluding hydrogens is 206 g/mol. The van der Waals surface area contributed by atoms with Crippen molar-refractivity contribution in [3.05, 3.63) is 0 Å². The Labute approximate surface area is 97.0 Å². The van der Waals surface area contributed by atoms with Crippen LogP contribution in [0.3, 0.4) is 0 Å². The van der Waals surface area contributed by atoms with E-state index in [-0.39, 0.29) is 12.0 Å². The van der Waals surface area contributed by atoms with Crippen LogP contribution in [0.1, 0.15) is 39.5 Å². The van der Waals surface area contributed by atoms with Gasteiger partial charge >= 0.3 is 5.97 Å². The van der Waals surface area contributed by atoms with Crippen LogP contribution in [-0.4, -0.2) is 35.4 Å². The highest BCUT2D eigenvalue weighted by Gasteiger charge is 2.37. The first-order valence-corrected chi connectivity index (χ1v) is 6.15. The Kier molecular flexibility index (Phi) is 4.74. The summed E-state index contributed by atoms with van der Waals surface area (Å²) < 4.78 is 0. The zero-order valence-electron chi connectivity index (χ0n) is 10.2. The number of carbonyl (C=O) groups is 1. The van der Waals surface area contributed by atoms with Crippen molar-refractivity contribution in [1.82, 2.24) is 5.32 Å². The maximum atomic E-state index is 11.0. The van der Waals surface area contributed by atoms with Crippen LogP contribution in [0, 0.1) is 11.3 Å². The van der Waals surface area contributed by atoms with Crippen LogP contribution in [0.5, 0.6) is 0 Å². The lowest BCUT2D eigenvalue weighted by atomic mass is 9.83. The molecule has 1 fully saturated rings. The second-order valence-electron chi connectivity index (χ2n) is 4.90. The van der Waals surface area contributed by atoms with Gasteiger partial charge in [-0.3, -0.25) is 4.79 Å². The molecule has 0 bridgehead atoms. The molecule has 1 saturated carbocycles. The quantitative estimate of drug-likeness (QED) is 0.585. The van der Waals surface area contributed by atoms with Crippen LogP contribution < -0.4 is 5.32 Å². The molecule has 1 aliphatic carbocycles. The highest BCUT2D eigenvalue weighted by atomic mass is 16.4. The minimum atomic E-state index is -0.762. The van der Waals surface area contributed by atoms with Gasteiger partial charge in [-0.15, -0.1) is 0 Å². The van der Waals surface area contributed by atoms with Gasteiger partial charge in [-0.2, -0.15) is 0 Å². The third kappa shape index (κ3) is 3.19. The average molecular weight is 229 g/mol. The summed E-state index contributed by atoms with van der Waals surface area (Å²) in [5, 5.41) is 21.6. The van der Waals surface area contributed by atoms with Crippen molar-refractivity contribution in [1.29, 1.82) is 0 Å². The van der Waals surface area contributed by atoms with Crippen LogP contribution >= 0.6 is 0 Å².